The van der Waals surface area contributed by atoms with E-state index in [1.54, 1.807) is 42.5 Å². The van der Waals surface area contributed by atoms with Gasteiger partial charge in [0.2, 0.25) is 0 Å². The van der Waals surface area contributed by atoms with Gasteiger partial charge in [0, 0.05) is 17.8 Å². The van der Waals surface area contributed by atoms with E-state index >= 15 is 0 Å². The molecule has 3 aromatic rings. The molecule has 0 bridgehead atoms. The number of ether oxygens (including phenoxy) is 1. The SMILES string of the molecule is COc1ccc(Cl)cc1NC(=O)c1ccc(NCc2ccc(F)cc2)nc1. The van der Waals surface area contributed by atoms with E-state index in [0.29, 0.717) is 34.4 Å². The second-order valence-electron chi connectivity index (χ2n) is 5.71. The molecule has 1 aromatic heterocycles. The number of halogens is 2. The highest BCUT2D eigenvalue weighted by Crippen LogP contribution is 2.28. The zero-order valence-corrected chi connectivity index (χ0v) is 15.3. The first kappa shape index (κ1) is 18.7. The standard InChI is InChI=1S/C20H17ClFN3O2/c1-27-18-8-5-15(21)10-17(18)25-20(26)14-4-9-19(24-12-14)23-11-13-2-6-16(22)7-3-13/h2-10,12H,11H2,1H3,(H,23,24)(H,25,26). The maximum absolute atomic E-state index is 12.9. The molecule has 5 nitrogen and oxygen atoms in total. The van der Waals surface area contributed by atoms with Crippen molar-refractivity contribution in [2.24, 2.45) is 0 Å². The number of nitrogens with one attached hydrogen (secondary N) is 2. The fraction of sp³-hybridized carbons (Fsp3) is 0.100. The molecular weight excluding hydrogens is 369 g/mol. The molecule has 1 amide bonds. The van der Waals surface area contributed by atoms with Gasteiger partial charge < -0.3 is 15.4 Å². The maximum atomic E-state index is 12.9. The predicted octanol–water partition coefficient (Wildman–Crippen LogP) is 4.75. The van der Waals surface area contributed by atoms with Gasteiger partial charge in [0.1, 0.15) is 17.4 Å². The number of rotatable bonds is 6. The lowest BCUT2D eigenvalue weighted by atomic mass is 10.2. The van der Waals surface area contributed by atoms with Crippen LogP contribution in [0.3, 0.4) is 0 Å². The zero-order valence-electron chi connectivity index (χ0n) is 14.5. The van der Waals surface area contributed by atoms with Crippen LogP contribution in [0.15, 0.2) is 60.8 Å². The van der Waals surface area contributed by atoms with Crippen LogP contribution in [0.5, 0.6) is 5.75 Å². The number of carbonyl (C=O) groups is 1. The Hall–Kier alpha value is -3.12. The number of hydrogen-bond acceptors (Lipinski definition) is 4. The van der Waals surface area contributed by atoms with E-state index in [9.17, 15) is 9.18 Å². The average Bonchev–Trinajstić information content (AvgIpc) is 2.68. The molecule has 2 N–H and O–H groups in total. The van der Waals surface area contributed by atoms with Crippen LogP contribution in [0, 0.1) is 5.82 Å². The quantitative estimate of drug-likeness (QED) is 0.643. The summed E-state index contributed by atoms with van der Waals surface area (Å²) >= 11 is 5.97. The Morgan fingerprint density at radius 2 is 1.93 bits per heavy atom. The van der Waals surface area contributed by atoms with Crippen LogP contribution in [-0.2, 0) is 6.54 Å². The van der Waals surface area contributed by atoms with Gasteiger partial charge in [-0.05, 0) is 48.0 Å². The number of benzene rings is 2. The molecule has 0 fully saturated rings. The molecule has 7 heteroatoms. The molecule has 0 aliphatic heterocycles. The van der Waals surface area contributed by atoms with Crippen molar-refractivity contribution in [2.75, 3.05) is 17.7 Å². The molecule has 0 aliphatic carbocycles. The van der Waals surface area contributed by atoms with Gasteiger partial charge in [0.15, 0.2) is 0 Å². The van der Waals surface area contributed by atoms with Crippen LogP contribution >= 0.6 is 11.6 Å². The molecule has 0 aliphatic rings. The summed E-state index contributed by atoms with van der Waals surface area (Å²) in [6.45, 7) is 0.499. The van der Waals surface area contributed by atoms with Crippen molar-refractivity contribution in [1.82, 2.24) is 4.98 Å². The second kappa shape index (κ2) is 8.51. The third-order valence-corrected chi connectivity index (χ3v) is 4.06. The number of pyridine rings is 1. The third kappa shape index (κ3) is 4.95. The van der Waals surface area contributed by atoms with Gasteiger partial charge in [-0.15, -0.1) is 0 Å². The predicted molar refractivity (Wildman–Crippen MR) is 104 cm³/mol. The van der Waals surface area contributed by atoms with E-state index in [1.165, 1.54) is 25.4 Å². The fourth-order valence-electron chi connectivity index (χ4n) is 2.40. The summed E-state index contributed by atoms with van der Waals surface area (Å²) in [5.74, 6) is 0.520. The Kier molecular flexibility index (Phi) is 5.88. The fourth-order valence-corrected chi connectivity index (χ4v) is 2.57. The van der Waals surface area contributed by atoms with Crippen molar-refractivity contribution in [1.29, 1.82) is 0 Å². The van der Waals surface area contributed by atoms with Gasteiger partial charge >= 0.3 is 0 Å². The number of hydrogen-bond donors (Lipinski definition) is 2. The van der Waals surface area contributed by atoms with Crippen molar-refractivity contribution >= 4 is 29.0 Å². The van der Waals surface area contributed by atoms with Crippen LogP contribution in [0.25, 0.3) is 0 Å². The highest BCUT2D eigenvalue weighted by Gasteiger charge is 2.11. The van der Waals surface area contributed by atoms with Crippen LogP contribution in [0.4, 0.5) is 15.9 Å². The third-order valence-electron chi connectivity index (χ3n) is 3.82. The molecule has 0 saturated carbocycles. The monoisotopic (exact) mass is 385 g/mol. The molecule has 0 saturated heterocycles. The minimum Gasteiger partial charge on any atom is -0.495 e. The first-order valence-electron chi connectivity index (χ1n) is 8.14. The topological polar surface area (TPSA) is 63.2 Å². The highest BCUT2D eigenvalue weighted by molar-refractivity contribution is 6.31. The Morgan fingerprint density at radius 1 is 1.15 bits per heavy atom. The first-order valence-corrected chi connectivity index (χ1v) is 8.52. The summed E-state index contributed by atoms with van der Waals surface area (Å²) in [7, 11) is 1.52. The first-order chi connectivity index (χ1) is 13.0. The lowest BCUT2D eigenvalue weighted by molar-refractivity contribution is 0.102. The van der Waals surface area contributed by atoms with Gasteiger partial charge in [-0.2, -0.15) is 0 Å². The summed E-state index contributed by atoms with van der Waals surface area (Å²) in [4.78, 5) is 16.6. The summed E-state index contributed by atoms with van der Waals surface area (Å²) in [5.41, 5.74) is 1.80. The van der Waals surface area contributed by atoms with E-state index in [-0.39, 0.29) is 11.7 Å². The molecule has 0 radical (unpaired) electrons. The van der Waals surface area contributed by atoms with Crippen molar-refractivity contribution in [3.05, 3.63) is 82.8 Å². The minimum absolute atomic E-state index is 0.274. The maximum Gasteiger partial charge on any atom is 0.257 e. The average molecular weight is 386 g/mol. The number of anilines is 2. The lowest BCUT2D eigenvalue weighted by Crippen LogP contribution is -2.13. The van der Waals surface area contributed by atoms with Gasteiger partial charge in [0.25, 0.3) is 5.91 Å². The molecule has 0 atom stereocenters. The number of methoxy groups -OCH3 is 1. The largest absolute Gasteiger partial charge is 0.495 e. The highest BCUT2D eigenvalue weighted by atomic mass is 35.5. The summed E-state index contributed by atoms with van der Waals surface area (Å²) < 4.78 is 18.1. The summed E-state index contributed by atoms with van der Waals surface area (Å²) in [6, 6.07) is 14.5. The van der Waals surface area contributed by atoms with Crippen molar-refractivity contribution < 1.29 is 13.9 Å². The minimum atomic E-state index is -0.326. The van der Waals surface area contributed by atoms with Crippen LogP contribution < -0.4 is 15.4 Å². The Labute approximate surface area is 161 Å². The Morgan fingerprint density at radius 3 is 2.59 bits per heavy atom. The Balaban J connectivity index is 1.63. The van der Waals surface area contributed by atoms with Gasteiger partial charge in [-0.25, -0.2) is 9.37 Å². The molecular formula is C20H17ClFN3O2. The lowest BCUT2D eigenvalue weighted by Gasteiger charge is -2.11. The summed E-state index contributed by atoms with van der Waals surface area (Å²) in [5, 5.41) is 6.37. The van der Waals surface area contributed by atoms with E-state index in [2.05, 4.69) is 15.6 Å². The van der Waals surface area contributed by atoms with E-state index in [4.69, 9.17) is 16.3 Å². The van der Waals surface area contributed by atoms with Crippen molar-refractivity contribution in [3.8, 4) is 5.75 Å². The smallest absolute Gasteiger partial charge is 0.257 e. The van der Waals surface area contributed by atoms with Gasteiger partial charge in [0.05, 0.1) is 18.4 Å². The molecule has 0 spiro atoms. The zero-order chi connectivity index (χ0) is 19.2. The second-order valence-corrected chi connectivity index (χ2v) is 6.15. The Bertz CT molecular complexity index is 931. The van der Waals surface area contributed by atoms with Crippen molar-refractivity contribution in [3.63, 3.8) is 0 Å². The van der Waals surface area contributed by atoms with Gasteiger partial charge in [-0.3, -0.25) is 4.79 Å². The molecule has 138 valence electrons. The van der Waals surface area contributed by atoms with Gasteiger partial charge in [-0.1, -0.05) is 23.7 Å². The molecule has 0 unspecified atom stereocenters. The summed E-state index contributed by atoms with van der Waals surface area (Å²) in [6.07, 6.45) is 1.47. The number of nitrogens with zero attached hydrogens (tertiary/aromatic N) is 1. The number of amides is 1. The molecule has 3 rings (SSSR count). The van der Waals surface area contributed by atoms with Crippen LogP contribution in [-0.4, -0.2) is 18.0 Å². The van der Waals surface area contributed by atoms with E-state index < -0.39 is 0 Å². The molecule has 2 aromatic carbocycles. The normalized spacial score (nSPS) is 10.3. The molecule has 1 heterocycles. The van der Waals surface area contributed by atoms with Crippen molar-refractivity contribution in [2.45, 2.75) is 6.54 Å². The number of aromatic nitrogens is 1. The van der Waals surface area contributed by atoms with E-state index in [0.717, 1.165) is 5.56 Å². The number of carbonyl (C=O) groups excluding carboxylic acids is 1. The van der Waals surface area contributed by atoms with Crippen LogP contribution in [0.2, 0.25) is 5.02 Å². The molecule has 27 heavy (non-hydrogen) atoms. The van der Waals surface area contributed by atoms with Crippen LogP contribution in [0.1, 0.15) is 15.9 Å². The van der Waals surface area contributed by atoms with E-state index in [1.807, 2.05) is 0 Å².